The van der Waals surface area contributed by atoms with E-state index in [9.17, 15) is 9.90 Å². The first-order chi connectivity index (χ1) is 22.9. The number of aliphatic hydroxyl groups excluding tert-OH is 1. The summed E-state index contributed by atoms with van der Waals surface area (Å²) in [6.45, 7) is 19.7. The van der Waals surface area contributed by atoms with E-state index >= 15 is 0 Å². The summed E-state index contributed by atoms with van der Waals surface area (Å²) in [5.41, 5.74) is 6.29. The number of rotatable bonds is 7. The number of ether oxygens (including phenoxy) is 1. The number of aromatic nitrogens is 1. The molecule has 0 atom stereocenters. The van der Waals surface area contributed by atoms with Crippen molar-refractivity contribution in [2.24, 2.45) is 11.8 Å². The van der Waals surface area contributed by atoms with Crippen LogP contribution < -0.4 is 4.74 Å². The van der Waals surface area contributed by atoms with Gasteiger partial charge in [0, 0.05) is 55.3 Å². The third-order valence-electron chi connectivity index (χ3n) is 11.0. The molecular formula is C44H50IrNO3-. The predicted octanol–water partition coefficient (Wildman–Crippen LogP) is 12.2. The Balaban J connectivity index is 0.000000252. The van der Waals surface area contributed by atoms with Crippen LogP contribution in [0.1, 0.15) is 104 Å². The van der Waals surface area contributed by atoms with Gasteiger partial charge < -0.3 is 9.84 Å². The Morgan fingerprint density at radius 1 is 0.898 bits per heavy atom. The molecule has 259 valence electrons. The summed E-state index contributed by atoms with van der Waals surface area (Å²) in [5, 5.41) is 16.9. The number of fused-ring (bicyclic) bond motifs is 7. The first kappa shape index (κ1) is 36.7. The van der Waals surface area contributed by atoms with E-state index in [2.05, 4.69) is 89.2 Å². The third kappa shape index (κ3) is 6.34. The van der Waals surface area contributed by atoms with Gasteiger partial charge in [-0.1, -0.05) is 102 Å². The molecule has 2 heterocycles. The Morgan fingerprint density at radius 3 is 2.24 bits per heavy atom. The van der Waals surface area contributed by atoms with Crippen molar-refractivity contribution >= 4 is 38.1 Å². The number of hydrogen-bond donors (Lipinski definition) is 1. The van der Waals surface area contributed by atoms with Crippen LogP contribution in [0.3, 0.4) is 0 Å². The minimum absolute atomic E-state index is 0. The fourth-order valence-electron chi connectivity index (χ4n) is 8.60. The second-order valence-corrected chi connectivity index (χ2v) is 15.1. The number of aliphatic hydroxyl groups is 1. The minimum Gasteiger partial charge on any atom is -0.512 e. The molecule has 0 saturated carbocycles. The summed E-state index contributed by atoms with van der Waals surface area (Å²) in [5.74, 6) is 2.34. The van der Waals surface area contributed by atoms with E-state index in [1.807, 2.05) is 33.9 Å². The van der Waals surface area contributed by atoms with Gasteiger partial charge in [-0.3, -0.25) is 9.78 Å². The smallest absolute Gasteiger partial charge is 0.162 e. The summed E-state index contributed by atoms with van der Waals surface area (Å²) in [6.07, 6.45) is 7.99. The molecule has 1 aliphatic carbocycles. The maximum atomic E-state index is 11.7. The van der Waals surface area contributed by atoms with E-state index in [4.69, 9.17) is 9.72 Å². The Kier molecular flexibility index (Phi) is 10.5. The second-order valence-electron chi connectivity index (χ2n) is 15.1. The van der Waals surface area contributed by atoms with Crippen molar-refractivity contribution in [1.29, 1.82) is 0 Å². The van der Waals surface area contributed by atoms with Crippen LogP contribution in [-0.4, -0.2) is 15.9 Å². The van der Waals surface area contributed by atoms with Crippen molar-refractivity contribution in [2.45, 2.75) is 105 Å². The average Bonchev–Trinajstić information content (AvgIpc) is 3.26. The molecule has 0 fully saturated rings. The van der Waals surface area contributed by atoms with E-state index in [1.54, 1.807) is 0 Å². The first-order valence-corrected chi connectivity index (χ1v) is 17.8. The van der Waals surface area contributed by atoms with Gasteiger partial charge in [0.2, 0.25) is 0 Å². The monoisotopic (exact) mass is 833 g/mol. The van der Waals surface area contributed by atoms with E-state index in [1.165, 1.54) is 38.7 Å². The van der Waals surface area contributed by atoms with Crippen LogP contribution in [0.25, 0.3) is 43.6 Å². The maximum absolute atomic E-state index is 11.7. The number of nitrogens with zero attached hydrogens (tertiary/aromatic N) is 1. The zero-order chi connectivity index (χ0) is 34.5. The molecule has 1 aromatic heterocycles. The molecule has 1 aliphatic heterocycles. The molecule has 4 nitrogen and oxygen atoms in total. The van der Waals surface area contributed by atoms with E-state index in [-0.39, 0.29) is 54.3 Å². The molecular weight excluding hydrogens is 783 g/mol. The van der Waals surface area contributed by atoms with Crippen LogP contribution in [0.5, 0.6) is 11.5 Å². The molecule has 0 saturated heterocycles. The van der Waals surface area contributed by atoms with Gasteiger partial charge in [-0.2, -0.15) is 0 Å². The molecule has 0 bridgehead atoms. The standard InChI is InChI=1S/C31H26NO.C13H24O2.Ir/c1-17-19-9-7-6-8-18(19)14-23-28-26-21(12-13-32-28)20-10-11-24-27(31(4,5)16-30(24,2)3)22(20)15-25(26)33-29(17)23;1-5-10(6-2)12(14)9-13(15)11(7-3)8-4;/h6-13,15H,16H2,1-5H3;9-11,14H,5-8H2,1-4H3;/q-1;;/b;12-9-;. The molecule has 1 N–H and O–H groups in total. The van der Waals surface area contributed by atoms with Crippen molar-refractivity contribution in [1.82, 2.24) is 4.98 Å². The molecule has 4 aromatic carbocycles. The van der Waals surface area contributed by atoms with E-state index < -0.39 is 0 Å². The summed E-state index contributed by atoms with van der Waals surface area (Å²) in [7, 11) is 0. The minimum atomic E-state index is 0. The summed E-state index contributed by atoms with van der Waals surface area (Å²) >= 11 is 0. The van der Waals surface area contributed by atoms with Crippen LogP contribution in [-0.2, 0) is 35.7 Å². The fraction of sp³-hybridized carbons (Fsp3) is 0.409. The molecule has 49 heavy (non-hydrogen) atoms. The fourth-order valence-corrected chi connectivity index (χ4v) is 8.60. The van der Waals surface area contributed by atoms with Gasteiger partial charge >= 0.3 is 0 Å². The van der Waals surface area contributed by atoms with Crippen LogP contribution in [0.4, 0.5) is 0 Å². The Morgan fingerprint density at radius 2 is 1.57 bits per heavy atom. The van der Waals surface area contributed by atoms with Crippen LogP contribution in [0.2, 0.25) is 0 Å². The summed E-state index contributed by atoms with van der Waals surface area (Å²) < 4.78 is 6.71. The number of hydrogen-bond acceptors (Lipinski definition) is 4. The average molecular weight is 833 g/mol. The molecule has 0 unspecified atom stereocenters. The Labute approximate surface area is 305 Å². The van der Waals surface area contributed by atoms with Gasteiger partial charge in [0.25, 0.3) is 0 Å². The molecule has 0 amide bonds. The largest absolute Gasteiger partial charge is 0.512 e. The topological polar surface area (TPSA) is 59.4 Å². The van der Waals surface area contributed by atoms with E-state index in [0.717, 1.165) is 71.2 Å². The molecule has 7 rings (SSSR count). The van der Waals surface area contributed by atoms with Gasteiger partial charge in [-0.25, -0.2) is 0 Å². The van der Waals surface area contributed by atoms with Crippen molar-refractivity contribution in [3.63, 3.8) is 0 Å². The number of ketones is 1. The number of pyridine rings is 1. The number of allylic oxidation sites excluding steroid dienone is 2. The number of carbonyl (C=O) groups is 1. The SMILES string of the molecule is CCC(CC)C(=O)/C=C(\O)C(CC)CC.Cc1c2c([c-]c3ccccc13)-c1nccc3c1c(cc1c4c(ccc13)C(C)(C)CC4(C)C)O2.[Ir]. The van der Waals surface area contributed by atoms with Crippen LogP contribution in [0.15, 0.2) is 66.6 Å². The predicted molar refractivity (Wildman–Crippen MR) is 200 cm³/mol. The Hall–Kier alpha value is -3.53. The molecule has 5 heteroatoms. The van der Waals surface area contributed by atoms with Gasteiger partial charge in [0.15, 0.2) is 5.78 Å². The normalized spacial score (nSPS) is 15.4. The van der Waals surface area contributed by atoms with Crippen molar-refractivity contribution in [3.8, 4) is 22.8 Å². The number of carbonyl (C=O) groups excluding carboxylic acids is 1. The number of benzene rings is 4. The molecule has 5 aromatic rings. The van der Waals surface area contributed by atoms with Crippen molar-refractivity contribution in [3.05, 3.63) is 89.3 Å². The van der Waals surface area contributed by atoms with Gasteiger partial charge in [0.1, 0.15) is 5.75 Å². The molecule has 2 aliphatic rings. The summed E-state index contributed by atoms with van der Waals surface area (Å²) in [6, 6.07) is 21.1. The second kappa shape index (κ2) is 14.0. The maximum Gasteiger partial charge on any atom is 0.162 e. The zero-order valence-electron chi connectivity index (χ0n) is 30.5. The van der Waals surface area contributed by atoms with Gasteiger partial charge in [0.05, 0.1) is 11.5 Å². The Bertz CT molecular complexity index is 2080. The third-order valence-corrected chi connectivity index (χ3v) is 11.0. The number of aryl methyl sites for hydroxylation is 1. The summed E-state index contributed by atoms with van der Waals surface area (Å²) in [4.78, 5) is 16.6. The van der Waals surface area contributed by atoms with Gasteiger partial charge in [-0.05, 0) is 89.3 Å². The van der Waals surface area contributed by atoms with Crippen LogP contribution in [0, 0.1) is 24.8 Å². The van der Waals surface area contributed by atoms with Crippen molar-refractivity contribution in [2.75, 3.05) is 0 Å². The van der Waals surface area contributed by atoms with E-state index in [0.29, 0.717) is 0 Å². The quantitative estimate of drug-likeness (QED) is 0.0753. The molecule has 1 radical (unpaired) electrons. The van der Waals surface area contributed by atoms with Crippen LogP contribution >= 0.6 is 0 Å². The first-order valence-electron chi connectivity index (χ1n) is 17.8. The zero-order valence-corrected chi connectivity index (χ0v) is 32.9. The van der Waals surface area contributed by atoms with Gasteiger partial charge in [-0.15, -0.1) is 17.5 Å². The van der Waals surface area contributed by atoms with Crippen molar-refractivity contribution < 1.29 is 34.7 Å². The molecule has 0 spiro atoms.